The summed E-state index contributed by atoms with van der Waals surface area (Å²) < 4.78 is 9.68. The van der Waals surface area contributed by atoms with Gasteiger partial charge in [0.15, 0.2) is 6.16 Å². The summed E-state index contributed by atoms with van der Waals surface area (Å²) in [6, 6.07) is 0. The van der Waals surface area contributed by atoms with Crippen LogP contribution in [0.2, 0.25) is 0 Å². The Labute approximate surface area is 50.4 Å². The molecule has 0 aliphatic rings. The van der Waals surface area contributed by atoms with Crippen LogP contribution in [0.4, 0.5) is 0 Å². The van der Waals surface area contributed by atoms with E-state index in [4.69, 9.17) is 4.89 Å². The molecule has 3 heteroatoms. The van der Waals surface area contributed by atoms with Crippen molar-refractivity contribution in [3.8, 4) is 0 Å². The van der Waals surface area contributed by atoms with Crippen LogP contribution < -0.4 is 0 Å². The molecule has 0 bridgehead atoms. The second kappa shape index (κ2) is 9.74. The topological polar surface area (TPSA) is 37.3 Å². The molecular formula is C5H10O2P+. The molecule has 0 aromatic heterocycles. The quantitative estimate of drug-likeness (QED) is 0.460. The highest BCUT2D eigenvalue weighted by molar-refractivity contribution is 7.38. The van der Waals surface area contributed by atoms with Gasteiger partial charge in [0.1, 0.15) is 0 Å². The van der Waals surface area contributed by atoms with Gasteiger partial charge in [-0.15, -0.1) is 13.2 Å². The largest absolute Gasteiger partial charge is 0.509 e. The normalized spacial score (nSPS) is 8.38. The van der Waals surface area contributed by atoms with Crippen molar-refractivity contribution >= 4 is 8.03 Å². The minimum absolute atomic E-state index is 0.204. The Kier molecular flexibility index (Phi) is 12.8. The van der Waals surface area contributed by atoms with Crippen molar-refractivity contribution in [2.24, 2.45) is 0 Å². The molecule has 1 N–H and O–H groups in total. The smallest absolute Gasteiger partial charge is 0.160 e. The van der Waals surface area contributed by atoms with Gasteiger partial charge in [-0.1, -0.05) is 6.58 Å². The number of hydrogen-bond acceptors (Lipinski definition) is 1. The first-order valence-corrected chi connectivity index (χ1v) is 3.41. The highest BCUT2D eigenvalue weighted by Gasteiger charge is 2.01. The Morgan fingerprint density at radius 1 is 1.62 bits per heavy atom. The fourth-order valence-electron chi connectivity index (χ4n) is 0.110. The molecule has 0 heterocycles. The van der Waals surface area contributed by atoms with Gasteiger partial charge in [0.05, 0.1) is 0 Å². The SMILES string of the molecule is C=C.C=CC[P+](=O)O. The lowest BCUT2D eigenvalue weighted by Gasteiger charge is -1.58. The van der Waals surface area contributed by atoms with E-state index in [2.05, 4.69) is 19.7 Å². The molecule has 1 unspecified atom stereocenters. The van der Waals surface area contributed by atoms with Crippen LogP contribution in [0.3, 0.4) is 0 Å². The summed E-state index contributed by atoms with van der Waals surface area (Å²) in [5.41, 5.74) is 0. The van der Waals surface area contributed by atoms with E-state index >= 15 is 0 Å². The van der Waals surface area contributed by atoms with Gasteiger partial charge in [0.2, 0.25) is 0 Å². The van der Waals surface area contributed by atoms with Gasteiger partial charge in [-0.3, -0.25) is 0 Å². The Hall–Kier alpha value is -0.460. The molecule has 0 fully saturated rings. The molecule has 46 valence electrons. The number of hydrogen-bond donors (Lipinski definition) is 1. The highest BCUT2D eigenvalue weighted by atomic mass is 31.1. The van der Waals surface area contributed by atoms with Crippen LogP contribution in [0.1, 0.15) is 0 Å². The van der Waals surface area contributed by atoms with Crippen LogP contribution in [-0.4, -0.2) is 11.1 Å². The summed E-state index contributed by atoms with van der Waals surface area (Å²) in [6.45, 7) is 9.26. The first kappa shape index (κ1) is 10.5. The summed E-state index contributed by atoms with van der Waals surface area (Å²) in [5, 5.41) is 0. The van der Waals surface area contributed by atoms with Crippen LogP contribution in [0.15, 0.2) is 25.8 Å². The maximum absolute atomic E-state index is 9.68. The zero-order valence-electron chi connectivity index (χ0n) is 4.71. The second-order valence-corrected chi connectivity index (χ2v) is 1.89. The molecular weight excluding hydrogens is 123 g/mol. The third kappa shape index (κ3) is 17.7. The summed E-state index contributed by atoms with van der Waals surface area (Å²) in [6.07, 6.45) is 1.62. The van der Waals surface area contributed by atoms with Crippen molar-refractivity contribution in [1.82, 2.24) is 0 Å². The number of rotatable bonds is 2. The predicted octanol–water partition coefficient (Wildman–Crippen LogP) is 1.71. The standard InChI is InChI=1S/C3H5O2P.C2H4/c1-2-3-6(4)5;1-2/h2H,1,3H2;1-2H2/p+1. The molecule has 0 amide bonds. The fraction of sp³-hybridized carbons (Fsp3) is 0.200. The molecule has 0 aromatic rings. The van der Waals surface area contributed by atoms with Gasteiger partial charge in [0, 0.05) is 0 Å². The summed E-state index contributed by atoms with van der Waals surface area (Å²) >= 11 is 0. The van der Waals surface area contributed by atoms with E-state index in [-0.39, 0.29) is 6.16 Å². The van der Waals surface area contributed by atoms with E-state index in [1.807, 2.05) is 0 Å². The zero-order chi connectivity index (χ0) is 6.99. The summed E-state index contributed by atoms with van der Waals surface area (Å²) in [5.74, 6) is 0. The first-order valence-electron chi connectivity index (χ1n) is 2.02. The Morgan fingerprint density at radius 2 is 2.00 bits per heavy atom. The van der Waals surface area contributed by atoms with E-state index in [1.165, 1.54) is 6.08 Å². The average molecular weight is 133 g/mol. The van der Waals surface area contributed by atoms with Crippen LogP contribution in [0, 0.1) is 0 Å². The van der Waals surface area contributed by atoms with Gasteiger partial charge in [-0.25, -0.2) is 0 Å². The lowest BCUT2D eigenvalue weighted by Crippen LogP contribution is -1.61. The fourth-order valence-corrected chi connectivity index (χ4v) is 0.331. The minimum Gasteiger partial charge on any atom is -0.160 e. The molecule has 0 aromatic carbocycles. The van der Waals surface area contributed by atoms with Gasteiger partial charge in [-0.2, -0.15) is 4.89 Å². The zero-order valence-corrected chi connectivity index (χ0v) is 5.60. The maximum Gasteiger partial charge on any atom is 0.509 e. The van der Waals surface area contributed by atoms with Crippen molar-refractivity contribution in [1.29, 1.82) is 0 Å². The predicted molar refractivity (Wildman–Crippen MR) is 36.1 cm³/mol. The molecule has 0 aliphatic carbocycles. The molecule has 0 saturated carbocycles. The molecule has 0 spiro atoms. The second-order valence-electron chi connectivity index (χ2n) is 0.823. The van der Waals surface area contributed by atoms with E-state index in [0.29, 0.717) is 0 Å². The number of allylic oxidation sites excluding steroid dienone is 1. The van der Waals surface area contributed by atoms with Crippen molar-refractivity contribution in [3.63, 3.8) is 0 Å². The monoisotopic (exact) mass is 133 g/mol. The van der Waals surface area contributed by atoms with Crippen molar-refractivity contribution < 1.29 is 9.46 Å². The van der Waals surface area contributed by atoms with E-state index in [9.17, 15) is 4.57 Å². The van der Waals surface area contributed by atoms with Gasteiger partial charge in [0.25, 0.3) is 0 Å². The van der Waals surface area contributed by atoms with Gasteiger partial charge >= 0.3 is 8.03 Å². The molecule has 8 heavy (non-hydrogen) atoms. The van der Waals surface area contributed by atoms with Crippen molar-refractivity contribution in [2.75, 3.05) is 6.16 Å². The highest BCUT2D eigenvalue weighted by Crippen LogP contribution is 2.10. The van der Waals surface area contributed by atoms with E-state index in [0.717, 1.165) is 0 Å². The lowest BCUT2D eigenvalue weighted by molar-refractivity contribution is 0.506. The van der Waals surface area contributed by atoms with Crippen LogP contribution in [0.5, 0.6) is 0 Å². The Bertz CT molecular complexity index is 80.5. The van der Waals surface area contributed by atoms with Gasteiger partial charge < -0.3 is 0 Å². The first-order chi connectivity index (χ1) is 3.77. The third-order valence-electron chi connectivity index (χ3n) is 0.285. The van der Waals surface area contributed by atoms with Crippen molar-refractivity contribution in [2.45, 2.75) is 0 Å². The average Bonchev–Trinajstić information content (AvgIpc) is 1.72. The van der Waals surface area contributed by atoms with Crippen molar-refractivity contribution in [3.05, 3.63) is 25.8 Å². The molecule has 0 rings (SSSR count). The van der Waals surface area contributed by atoms with Crippen LogP contribution in [-0.2, 0) is 4.57 Å². The molecule has 0 radical (unpaired) electrons. The summed E-state index contributed by atoms with van der Waals surface area (Å²) in [4.78, 5) is 7.99. The summed E-state index contributed by atoms with van der Waals surface area (Å²) in [7, 11) is -1.97. The van der Waals surface area contributed by atoms with Crippen LogP contribution >= 0.6 is 8.03 Å². The molecule has 2 nitrogen and oxygen atoms in total. The van der Waals surface area contributed by atoms with Gasteiger partial charge in [-0.05, 0) is 10.6 Å². The Balaban J connectivity index is 0. The third-order valence-corrected chi connectivity index (χ3v) is 0.856. The van der Waals surface area contributed by atoms with E-state index in [1.54, 1.807) is 0 Å². The maximum atomic E-state index is 9.68. The van der Waals surface area contributed by atoms with Crippen LogP contribution in [0.25, 0.3) is 0 Å². The minimum atomic E-state index is -1.97. The van der Waals surface area contributed by atoms with E-state index < -0.39 is 8.03 Å². The lowest BCUT2D eigenvalue weighted by atomic mass is 10.8. The molecule has 1 atom stereocenters. The molecule has 0 aliphatic heterocycles. The Morgan fingerprint density at radius 3 is 2.00 bits per heavy atom. The molecule has 0 saturated heterocycles.